The lowest BCUT2D eigenvalue weighted by Crippen LogP contribution is -2.29. The molecule has 1 aliphatic heterocycles. The van der Waals surface area contributed by atoms with Crippen LogP contribution in [0.5, 0.6) is 0 Å². The molecule has 0 radical (unpaired) electrons. The topological polar surface area (TPSA) is 38.3 Å². The van der Waals surface area contributed by atoms with E-state index in [1.54, 1.807) is 0 Å². The number of nitrogens with one attached hydrogen (secondary N) is 1. The summed E-state index contributed by atoms with van der Waals surface area (Å²) in [5, 5.41) is 3.02. The second-order valence-corrected chi connectivity index (χ2v) is 6.45. The molecule has 1 saturated heterocycles. The van der Waals surface area contributed by atoms with Gasteiger partial charge in [-0.1, -0.05) is 11.6 Å². The summed E-state index contributed by atoms with van der Waals surface area (Å²) in [7, 11) is 0. The Balaban J connectivity index is 1.81. The molecule has 0 saturated carbocycles. The minimum absolute atomic E-state index is 0.000632. The average Bonchev–Trinajstić information content (AvgIpc) is 2.41. The van der Waals surface area contributed by atoms with Crippen molar-refractivity contribution in [1.29, 1.82) is 0 Å². The third-order valence-electron chi connectivity index (χ3n) is 3.80. The lowest BCUT2D eigenvalue weighted by atomic mass is 9.93. The molecule has 20 heavy (non-hydrogen) atoms. The molecule has 1 aromatic carbocycles. The first-order valence-corrected chi connectivity index (χ1v) is 8.01. The number of halogens is 1. The fourth-order valence-corrected chi connectivity index (χ4v) is 3.08. The minimum Gasteiger partial charge on any atom is -0.378 e. The summed E-state index contributed by atoms with van der Waals surface area (Å²) in [4.78, 5) is 12.2. The molecule has 0 spiro atoms. The van der Waals surface area contributed by atoms with Crippen LogP contribution in [0, 0.1) is 12.8 Å². The van der Waals surface area contributed by atoms with Gasteiger partial charge in [0, 0.05) is 17.6 Å². The largest absolute Gasteiger partial charge is 0.378 e. The number of carbonyl (C=O) groups is 1. The lowest BCUT2D eigenvalue weighted by Gasteiger charge is -2.27. The summed E-state index contributed by atoms with van der Waals surface area (Å²) in [6, 6.07) is 5.82. The van der Waals surface area contributed by atoms with Crippen molar-refractivity contribution in [3.63, 3.8) is 0 Å². The predicted molar refractivity (Wildman–Crippen MR) is 84.0 cm³/mol. The van der Waals surface area contributed by atoms with E-state index in [1.165, 1.54) is 0 Å². The van der Waals surface area contributed by atoms with Crippen LogP contribution in [0.4, 0.5) is 0 Å². The van der Waals surface area contributed by atoms with Crippen molar-refractivity contribution in [1.82, 2.24) is 5.32 Å². The van der Waals surface area contributed by atoms with Gasteiger partial charge in [0.2, 0.25) is 0 Å². The molecule has 4 heteroatoms. The molecule has 0 aromatic heterocycles. The summed E-state index contributed by atoms with van der Waals surface area (Å²) < 4.78 is 6.39. The highest BCUT2D eigenvalue weighted by Gasteiger charge is 2.19. The molecule has 1 amide bonds. The first-order chi connectivity index (χ1) is 9.56. The van der Waals surface area contributed by atoms with Crippen LogP contribution in [0.2, 0.25) is 0 Å². The van der Waals surface area contributed by atoms with Crippen LogP contribution in [0.1, 0.15) is 42.1 Å². The fraction of sp³-hybridized carbons (Fsp3) is 0.562. The number of benzene rings is 1. The highest BCUT2D eigenvalue weighted by Crippen LogP contribution is 2.22. The van der Waals surface area contributed by atoms with Gasteiger partial charge >= 0.3 is 0 Å². The summed E-state index contributed by atoms with van der Waals surface area (Å²) in [6.45, 7) is 5.70. The van der Waals surface area contributed by atoms with Crippen LogP contribution in [-0.4, -0.2) is 25.2 Å². The van der Waals surface area contributed by atoms with Crippen molar-refractivity contribution in [2.45, 2.75) is 39.2 Å². The van der Waals surface area contributed by atoms with E-state index in [2.05, 4.69) is 28.2 Å². The summed E-state index contributed by atoms with van der Waals surface area (Å²) in [6.07, 6.45) is 3.59. The Labute approximate surface area is 129 Å². The summed E-state index contributed by atoms with van der Waals surface area (Å²) >= 11 is 3.43. The quantitative estimate of drug-likeness (QED) is 0.908. The highest BCUT2D eigenvalue weighted by atomic mass is 79.9. The van der Waals surface area contributed by atoms with Crippen molar-refractivity contribution in [2.24, 2.45) is 5.92 Å². The van der Waals surface area contributed by atoms with Gasteiger partial charge in [-0.05, 0) is 67.1 Å². The summed E-state index contributed by atoms with van der Waals surface area (Å²) in [5.41, 5.74) is 1.81. The maximum atomic E-state index is 12.2. The molecule has 1 aromatic rings. The van der Waals surface area contributed by atoms with Gasteiger partial charge in [0.1, 0.15) is 0 Å². The highest BCUT2D eigenvalue weighted by molar-refractivity contribution is 9.10. The standard InChI is InChI=1S/C16H22BrNO2/c1-11-3-4-15(17)14(9-11)16(19)18-7-5-13-6-8-20-12(2)10-13/h3-4,9,12-13H,5-8,10H2,1-2H3,(H,18,19)/t12-,13+/m0/s1. The van der Waals surface area contributed by atoms with Crippen molar-refractivity contribution < 1.29 is 9.53 Å². The fourth-order valence-electron chi connectivity index (χ4n) is 2.65. The second kappa shape index (κ2) is 7.23. The van der Waals surface area contributed by atoms with E-state index in [-0.39, 0.29) is 5.91 Å². The van der Waals surface area contributed by atoms with Gasteiger partial charge in [-0.25, -0.2) is 0 Å². The Morgan fingerprint density at radius 1 is 1.50 bits per heavy atom. The number of hydrogen-bond acceptors (Lipinski definition) is 2. The maximum absolute atomic E-state index is 12.2. The Hall–Kier alpha value is -0.870. The third kappa shape index (κ3) is 4.32. The number of carbonyl (C=O) groups excluding carboxylic acids is 1. The zero-order chi connectivity index (χ0) is 14.5. The van der Waals surface area contributed by atoms with E-state index in [4.69, 9.17) is 4.74 Å². The van der Waals surface area contributed by atoms with E-state index >= 15 is 0 Å². The normalized spacial score (nSPS) is 22.6. The Morgan fingerprint density at radius 3 is 3.05 bits per heavy atom. The maximum Gasteiger partial charge on any atom is 0.252 e. The van der Waals surface area contributed by atoms with E-state index < -0.39 is 0 Å². The molecule has 2 atom stereocenters. The van der Waals surface area contributed by atoms with Gasteiger partial charge in [0.15, 0.2) is 0 Å². The Bertz CT molecular complexity index is 476. The molecular formula is C16H22BrNO2. The van der Waals surface area contributed by atoms with Gasteiger partial charge in [0.25, 0.3) is 5.91 Å². The van der Waals surface area contributed by atoms with Gasteiger partial charge in [-0.2, -0.15) is 0 Å². The Morgan fingerprint density at radius 2 is 2.30 bits per heavy atom. The Kier molecular flexibility index (Phi) is 5.61. The van der Waals surface area contributed by atoms with Gasteiger partial charge in [0.05, 0.1) is 11.7 Å². The van der Waals surface area contributed by atoms with Crippen LogP contribution in [0.15, 0.2) is 22.7 Å². The number of rotatable bonds is 4. The van der Waals surface area contributed by atoms with Crippen molar-refractivity contribution in [3.05, 3.63) is 33.8 Å². The third-order valence-corrected chi connectivity index (χ3v) is 4.49. The molecule has 2 rings (SSSR count). The van der Waals surface area contributed by atoms with E-state index in [0.717, 1.165) is 42.5 Å². The van der Waals surface area contributed by atoms with E-state index in [0.29, 0.717) is 17.6 Å². The van der Waals surface area contributed by atoms with Crippen LogP contribution < -0.4 is 5.32 Å². The van der Waals surface area contributed by atoms with Crippen molar-refractivity contribution in [3.8, 4) is 0 Å². The van der Waals surface area contributed by atoms with Gasteiger partial charge in [-0.3, -0.25) is 4.79 Å². The number of ether oxygens (including phenoxy) is 1. The second-order valence-electron chi connectivity index (χ2n) is 5.60. The molecular weight excluding hydrogens is 318 g/mol. The average molecular weight is 340 g/mol. The molecule has 0 unspecified atom stereocenters. The zero-order valence-corrected chi connectivity index (χ0v) is 13.7. The van der Waals surface area contributed by atoms with Crippen molar-refractivity contribution in [2.75, 3.05) is 13.2 Å². The smallest absolute Gasteiger partial charge is 0.252 e. The van der Waals surface area contributed by atoms with Crippen LogP contribution >= 0.6 is 15.9 Å². The molecule has 0 bridgehead atoms. The monoisotopic (exact) mass is 339 g/mol. The number of aryl methyl sites for hydroxylation is 1. The van der Waals surface area contributed by atoms with Crippen LogP contribution in [-0.2, 0) is 4.74 Å². The SMILES string of the molecule is Cc1ccc(Br)c(C(=O)NCC[C@@H]2CCO[C@@H](C)C2)c1. The van der Waals surface area contributed by atoms with Crippen molar-refractivity contribution >= 4 is 21.8 Å². The molecule has 1 heterocycles. The van der Waals surface area contributed by atoms with E-state index in [1.807, 2.05) is 25.1 Å². The number of amides is 1. The molecule has 0 aliphatic carbocycles. The minimum atomic E-state index is 0.000632. The van der Waals surface area contributed by atoms with Crippen LogP contribution in [0.3, 0.4) is 0 Å². The summed E-state index contributed by atoms with van der Waals surface area (Å²) in [5.74, 6) is 0.667. The lowest BCUT2D eigenvalue weighted by molar-refractivity contribution is 0.00109. The first-order valence-electron chi connectivity index (χ1n) is 7.22. The van der Waals surface area contributed by atoms with Crippen LogP contribution in [0.25, 0.3) is 0 Å². The molecule has 1 N–H and O–H groups in total. The molecule has 110 valence electrons. The molecule has 1 aliphatic rings. The van der Waals surface area contributed by atoms with E-state index in [9.17, 15) is 4.79 Å². The van der Waals surface area contributed by atoms with Gasteiger partial charge < -0.3 is 10.1 Å². The number of hydrogen-bond donors (Lipinski definition) is 1. The first kappa shape index (κ1) is 15.5. The van der Waals surface area contributed by atoms with Gasteiger partial charge in [-0.15, -0.1) is 0 Å². The molecule has 1 fully saturated rings. The predicted octanol–water partition coefficient (Wildman–Crippen LogP) is 3.69. The molecule has 3 nitrogen and oxygen atoms in total. The zero-order valence-electron chi connectivity index (χ0n) is 12.1.